The highest BCUT2D eigenvalue weighted by molar-refractivity contribution is 5.28. The highest BCUT2D eigenvalue weighted by Gasteiger charge is 2.21. The summed E-state index contributed by atoms with van der Waals surface area (Å²) in [6.45, 7) is 3.31. The highest BCUT2D eigenvalue weighted by Crippen LogP contribution is 2.27. The molecule has 0 amide bonds. The molecule has 1 aliphatic rings. The van der Waals surface area contributed by atoms with Crippen molar-refractivity contribution in [2.75, 3.05) is 13.1 Å². The Balaban J connectivity index is 2.31. The Morgan fingerprint density at radius 2 is 2.07 bits per heavy atom. The van der Waals surface area contributed by atoms with E-state index >= 15 is 0 Å². The largest absolute Gasteiger partial charge is 0.316 e. The van der Waals surface area contributed by atoms with E-state index in [9.17, 15) is 8.78 Å². The van der Waals surface area contributed by atoms with Crippen LogP contribution in [0.1, 0.15) is 29.9 Å². The summed E-state index contributed by atoms with van der Waals surface area (Å²) in [5.74, 6) is -1.24. The van der Waals surface area contributed by atoms with Gasteiger partial charge in [0.2, 0.25) is 0 Å². The molecule has 0 radical (unpaired) electrons. The number of piperidine rings is 1. The lowest BCUT2D eigenvalue weighted by atomic mass is 9.90. The first-order valence-corrected chi connectivity index (χ1v) is 5.35. The summed E-state index contributed by atoms with van der Waals surface area (Å²) in [5, 5.41) is 3.21. The molecule has 2 rings (SSSR count). The molecule has 1 saturated heterocycles. The zero-order chi connectivity index (χ0) is 10.8. The predicted octanol–water partition coefficient (Wildman–Crippen LogP) is 2.74. The molecule has 0 saturated carbocycles. The van der Waals surface area contributed by atoms with Crippen LogP contribution in [0.4, 0.5) is 8.78 Å². The monoisotopic (exact) mass is 211 g/mol. The number of hydrogen-bond donors (Lipinski definition) is 1. The number of nitrogens with one attached hydrogen (secondary N) is 1. The van der Waals surface area contributed by atoms with Crippen LogP contribution in [0.5, 0.6) is 0 Å². The van der Waals surface area contributed by atoms with Crippen LogP contribution >= 0.6 is 0 Å². The maximum Gasteiger partial charge on any atom is 0.162 e. The normalized spacial score (nSPS) is 21.7. The quantitative estimate of drug-likeness (QED) is 0.753. The fourth-order valence-electron chi connectivity index (χ4n) is 2.09. The maximum absolute atomic E-state index is 13.6. The molecule has 1 nitrogen and oxygen atoms in total. The molecular weight excluding hydrogens is 196 g/mol. The van der Waals surface area contributed by atoms with Crippen molar-refractivity contribution in [2.24, 2.45) is 0 Å². The molecule has 1 N–H and O–H groups in total. The van der Waals surface area contributed by atoms with Crippen molar-refractivity contribution in [1.29, 1.82) is 0 Å². The van der Waals surface area contributed by atoms with E-state index in [1.165, 1.54) is 0 Å². The molecule has 15 heavy (non-hydrogen) atoms. The van der Waals surface area contributed by atoms with E-state index < -0.39 is 11.6 Å². The molecule has 0 bridgehead atoms. The number of hydrogen-bond acceptors (Lipinski definition) is 1. The summed E-state index contributed by atoms with van der Waals surface area (Å²) < 4.78 is 27.0. The van der Waals surface area contributed by atoms with Crippen LogP contribution in [0.3, 0.4) is 0 Å². The molecule has 1 aromatic carbocycles. The van der Waals surface area contributed by atoms with Gasteiger partial charge in [0, 0.05) is 6.54 Å². The molecule has 82 valence electrons. The third-order valence-electron chi connectivity index (χ3n) is 3.04. The van der Waals surface area contributed by atoms with Crippen LogP contribution in [0, 0.1) is 18.6 Å². The standard InChI is InChI=1S/C12H15F2N/c1-8-4-5-10(12(14)11(8)13)9-3-2-6-15-7-9/h4-5,9,15H,2-3,6-7H2,1H3. The summed E-state index contributed by atoms with van der Waals surface area (Å²) in [5.41, 5.74) is 0.894. The average Bonchev–Trinajstić information content (AvgIpc) is 2.27. The first kappa shape index (κ1) is 10.6. The van der Waals surface area contributed by atoms with Gasteiger partial charge in [-0.05, 0) is 43.4 Å². The van der Waals surface area contributed by atoms with E-state index in [0.717, 1.165) is 25.9 Å². The first-order chi connectivity index (χ1) is 7.20. The average molecular weight is 211 g/mol. The van der Waals surface area contributed by atoms with Gasteiger partial charge in [0.05, 0.1) is 0 Å². The van der Waals surface area contributed by atoms with Crippen LogP contribution in [-0.2, 0) is 0 Å². The van der Waals surface area contributed by atoms with Gasteiger partial charge in [-0.1, -0.05) is 12.1 Å². The molecule has 1 atom stereocenters. The summed E-state index contributed by atoms with van der Waals surface area (Å²) in [4.78, 5) is 0. The van der Waals surface area contributed by atoms with Crippen LogP contribution in [0.2, 0.25) is 0 Å². The molecular formula is C12H15F2N. The molecule has 0 spiro atoms. The van der Waals surface area contributed by atoms with Gasteiger partial charge in [-0.3, -0.25) is 0 Å². The molecule has 1 unspecified atom stereocenters. The number of rotatable bonds is 1. The second-order valence-electron chi connectivity index (χ2n) is 4.14. The first-order valence-electron chi connectivity index (χ1n) is 5.35. The summed E-state index contributed by atoms with van der Waals surface area (Å²) in [6.07, 6.45) is 1.96. The zero-order valence-corrected chi connectivity index (χ0v) is 8.82. The third kappa shape index (κ3) is 2.02. The van der Waals surface area contributed by atoms with Gasteiger partial charge in [-0.25, -0.2) is 8.78 Å². The van der Waals surface area contributed by atoms with Crippen molar-refractivity contribution in [3.05, 3.63) is 34.9 Å². The van der Waals surface area contributed by atoms with Gasteiger partial charge in [0.15, 0.2) is 11.6 Å². The number of halogens is 2. The minimum absolute atomic E-state index is 0.119. The van der Waals surface area contributed by atoms with E-state index in [0.29, 0.717) is 11.1 Å². The van der Waals surface area contributed by atoms with Crippen LogP contribution in [0.25, 0.3) is 0 Å². The third-order valence-corrected chi connectivity index (χ3v) is 3.04. The second kappa shape index (κ2) is 4.27. The SMILES string of the molecule is Cc1ccc(C2CCCNC2)c(F)c1F. The van der Waals surface area contributed by atoms with Crippen molar-refractivity contribution in [1.82, 2.24) is 5.32 Å². The Labute approximate surface area is 88.5 Å². The van der Waals surface area contributed by atoms with Crippen molar-refractivity contribution in [3.8, 4) is 0 Å². The predicted molar refractivity (Wildman–Crippen MR) is 55.9 cm³/mol. The molecule has 0 aliphatic carbocycles. The zero-order valence-electron chi connectivity index (χ0n) is 8.82. The fourth-order valence-corrected chi connectivity index (χ4v) is 2.09. The molecule has 1 aliphatic heterocycles. The minimum Gasteiger partial charge on any atom is -0.316 e. The van der Waals surface area contributed by atoms with E-state index in [2.05, 4.69) is 5.32 Å². The van der Waals surface area contributed by atoms with Gasteiger partial charge in [-0.2, -0.15) is 0 Å². The van der Waals surface area contributed by atoms with Gasteiger partial charge in [0.1, 0.15) is 0 Å². The van der Waals surface area contributed by atoms with Gasteiger partial charge < -0.3 is 5.32 Å². The lowest BCUT2D eigenvalue weighted by molar-refractivity contribution is 0.429. The van der Waals surface area contributed by atoms with Gasteiger partial charge in [0.25, 0.3) is 0 Å². The van der Waals surface area contributed by atoms with Gasteiger partial charge >= 0.3 is 0 Å². The summed E-state index contributed by atoms with van der Waals surface area (Å²) in [7, 11) is 0. The lowest BCUT2D eigenvalue weighted by Gasteiger charge is -2.23. The maximum atomic E-state index is 13.6. The number of aryl methyl sites for hydroxylation is 1. The van der Waals surface area contributed by atoms with E-state index in [1.807, 2.05) is 0 Å². The van der Waals surface area contributed by atoms with Crippen molar-refractivity contribution in [2.45, 2.75) is 25.7 Å². The Morgan fingerprint density at radius 1 is 1.27 bits per heavy atom. The molecule has 3 heteroatoms. The lowest BCUT2D eigenvalue weighted by Crippen LogP contribution is -2.29. The smallest absolute Gasteiger partial charge is 0.162 e. The minimum atomic E-state index is -0.696. The molecule has 1 fully saturated rings. The summed E-state index contributed by atoms with van der Waals surface area (Å²) >= 11 is 0. The van der Waals surface area contributed by atoms with Crippen LogP contribution < -0.4 is 5.32 Å². The van der Waals surface area contributed by atoms with E-state index in [4.69, 9.17) is 0 Å². The Bertz CT molecular complexity index is 357. The van der Waals surface area contributed by atoms with Crippen LogP contribution in [0.15, 0.2) is 12.1 Å². The Kier molecular flexibility index (Phi) is 3.00. The Hall–Kier alpha value is -0.960. The van der Waals surface area contributed by atoms with Gasteiger partial charge in [-0.15, -0.1) is 0 Å². The van der Waals surface area contributed by atoms with Crippen molar-refractivity contribution >= 4 is 0 Å². The topological polar surface area (TPSA) is 12.0 Å². The highest BCUT2D eigenvalue weighted by atomic mass is 19.2. The molecule has 1 aromatic rings. The van der Waals surface area contributed by atoms with E-state index in [1.54, 1.807) is 19.1 Å². The summed E-state index contributed by atoms with van der Waals surface area (Å²) in [6, 6.07) is 3.37. The van der Waals surface area contributed by atoms with E-state index in [-0.39, 0.29) is 5.92 Å². The number of benzene rings is 1. The Morgan fingerprint density at radius 3 is 2.73 bits per heavy atom. The fraction of sp³-hybridized carbons (Fsp3) is 0.500. The molecule has 1 heterocycles. The van der Waals surface area contributed by atoms with Crippen molar-refractivity contribution < 1.29 is 8.78 Å². The molecule has 0 aromatic heterocycles. The van der Waals surface area contributed by atoms with Crippen LogP contribution in [-0.4, -0.2) is 13.1 Å². The van der Waals surface area contributed by atoms with Crippen molar-refractivity contribution in [3.63, 3.8) is 0 Å². The second-order valence-corrected chi connectivity index (χ2v) is 4.14.